The van der Waals surface area contributed by atoms with Gasteiger partial charge >= 0.3 is 0 Å². The summed E-state index contributed by atoms with van der Waals surface area (Å²) in [6.45, 7) is 0. The van der Waals surface area contributed by atoms with Gasteiger partial charge in [0.25, 0.3) is 5.88 Å². The second-order valence-corrected chi connectivity index (χ2v) is 4.17. The molecule has 6 nitrogen and oxygen atoms in total. The maximum atomic E-state index is 6.05. The molecule has 0 aliphatic carbocycles. The fraction of sp³-hybridized carbons (Fsp3) is 0. The van der Waals surface area contributed by atoms with Gasteiger partial charge in [-0.1, -0.05) is 23.7 Å². The quantitative estimate of drug-likeness (QED) is 0.567. The number of rotatable bonds is 3. The summed E-state index contributed by atoms with van der Waals surface area (Å²) in [5, 5.41) is 0.500. The first-order chi connectivity index (χ1) is 9.28. The monoisotopic (exact) mass is 275 g/mol. The number of hydrogen-bond donors (Lipinski definition) is 2. The van der Waals surface area contributed by atoms with Crippen LogP contribution < -0.4 is 16.0 Å². The first-order valence-electron chi connectivity index (χ1n) is 5.50. The Hall–Kier alpha value is -2.31. The molecule has 3 N–H and O–H groups in total. The van der Waals surface area contributed by atoms with Crippen LogP contribution in [0.15, 0.2) is 42.9 Å². The minimum atomic E-state index is 0.327. The van der Waals surface area contributed by atoms with E-state index >= 15 is 0 Å². The number of ether oxygens (including phenoxy) is 1. The molecule has 0 aliphatic rings. The Balaban J connectivity index is 2.09. The summed E-state index contributed by atoms with van der Waals surface area (Å²) >= 11 is 6.05. The van der Waals surface area contributed by atoms with Crippen LogP contribution in [0.2, 0.25) is 5.02 Å². The second kappa shape index (κ2) is 4.75. The largest absolute Gasteiger partial charge is 0.434 e. The van der Waals surface area contributed by atoms with Crippen LogP contribution in [-0.4, -0.2) is 14.4 Å². The molecule has 3 aromatic rings. The summed E-state index contributed by atoms with van der Waals surface area (Å²) in [6, 6.07) is 7.15. The van der Waals surface area contributed by atoms with Gasteiger partial charge < -0.3 is 10.2 Å². The van der Waals surface area contributed by atoms with Crippen molar-refractivity contribution in [1.29, 1.82) is 0 Å². The Labute approximate surface area is 113 Å². The molecule has 3 rings (SSSR count). The number of aromatic nitrogens is 3. The number of nitrogens with two attached hydrogens (primary N) is 1. The molecule has 7 heteroatoms. The van der Waals surface area contributed by atoms with Crippen LogP contribution in [0.3, 0.4) is 0 Å². The van der Waals surface area contributed by atoms with Crippen molar-refractivity contribution in [3.8, 4) is 11.6 Å². The third-order valence-electron chi connectivity index (χ3n) is 2.53. The molecule has 0 fully saturated rings. The van der Waals surface area contributed by atoms with Crippen molar-refractivity contribution in [2.45, 2.75) is 0 Å². The zero-order valence-corrected chi connectivity index (χ0v) is 10.5. The highest BCUT2D eigenvalue weighted by molar-refractivity contribution is 6.32. The van der Waals surface area contributed by atoms with Gasteiger partial charge in [-0.05, 0) is 12.1 Å². The molecule has 0 spiro atoms. The predicted molar refractivity (Wildman–Crippen MR) is 72.3 cm³/mol. The van der Waals surface area contributed by atoms with Crippen LogP contribution in [0.1, 0.15) is 0 Å². The van der Waals surface area contributed by atoms with Gasteiger partial charge in [-0.2, -0.15) is 4.98 Å². The van der Waals surface area contributed by atoms with E-state index in [1.54, 1.807) is 35.1 Å². The number of benzene rings is 1. The minimum Gasteiger partial charge on any atom is -0.434 e. The third kappa shape index (κ3) is 2.18. The van der Waals surface area contributed by atoms with Crippen LogP contribution in [0.5, 0.6) is 11.6 Å². The van der Waals surface area contributed by atoms with E-state index in [-0.39, 0.29) is 0 Å². The molecule has 2 heterocycles. The van der Waals surface area contributed by atoms with Gasteiger partial charge in [0.05, 0.1) is 11.2 Å². The fourth-order valence-electron chi connectivity index (χ4n) is 1.67. The first kappa shape index (κ1) is 11.8. The maximum absolute atomic E-state index is 6.05. The molecule has 0 bridgehead atoms. The Morgan fingerprint density at radius 2 is 2.16 bits per heavy atom. The normalized spacial score (nSPS) is 10.6. The van der Waals surface area contributed by atoms with Crippen LogP contribution in [0.25, 0.3) is 5.65 Å². The average molecular weight is 276 g/mol. The number of nitrogens with one attached hydrogen (secondary N) is 1. The van der Waals surface area contributed by atoms with Gasteiger partial charge in [0.1, 0.15) is 5.75 Å². The van der Waals surface area contributed by atoms with Crippen LogP contribution >= 0.6 is 11.6 Å². The van der Waals surface area contributed by atoms with E-state index in [1.807, 2.05) is 12.1 Å². The average Bonchev–Trinajstić information content (AvgIpc) is 2.89. The lowest BCUT2D eigenvalue weighted by molar-refractivity contribution is 0.466. The summed E-state index contributed by atoms with van der Waals surface area (Å²) in [4.78, 5) is 8.41. The Morgan fingerprint density at radius 3 is 2.95 bits per heavy atom. The highest BCUT2D eigenvalue weighted by Crippen LogP contribution is 2.30. The first-order valence-corrected chi connectivity index (χ1v) is 5.88. The molecule has 2 aromatic heterocycles. The van der Waals surface area contributed by atoms with E-state index in [0.29, 0.717) is 28.1 Å². The molecule has 0 atom stereocenters. The van der Waals surface area contributed by atoms with Gasteiger partial charge in [0.15, 0.2) is 5.82 Å². The zero-order chi connectivity index (χ0) is 13.2. The van der Waals surface area contributed by atoms with E-state index in [0.717, 1.165) is 0 Å². The number of hydrazine groups is 1. The van der Waals surface area contributed by atoms with Crippen molar-refractivity contribution in [2.75, 3.05) is 5.43 Å². The molecule has 0 aliphatic heterocycles. The lowest BCUT2D eigenvalue weighted by Gasteiger charge is -2.09. The smallest absolute Gasteiger partial charge is 0.265 e. The molecular formula is C12H10ClN5O. The van der Waals surface area contributed by atoms with Crippen molar-refractivity contribution in [2.24, 2.45) is 5.84 Å². The number of para-hydroxylation sites is 1. The van der Waals surface area contributed by atoms with Crippen molar-refractivity contribution in [1.82, 2.24) is 14.4 Å². The number of nitrogen functional groups attached to an aromatic ring is 1. The lowest BCUT2D eigenvalue weighted by Crippen LogP contribution is -2.10. The van der Waals surface area contributed by atoms with Crippen molar-refractivity contribution in [3.05, 3.63) is 47.9 Å². The van der Waals surface area contributed by atoms with Crippen molar-refractivity contribution in [3.63, 3.8) is 0 Å². The van der Waals surface area contributed by atoms with Crippen molar-refractivity contribution >= 4 is 23.1 Å². The standard InChI is InChI=1S/C12H10ClN5O/c13-8-3-1-2-4-9(8)19-12-11-15-5-6-18(11)7-10(16-12)17-14/h1-7,17H,14H2. The Bertz CT molecular complexity index is 727. The van der Waals surface area contributed by atoms with Gasteiger partial charge in [-0.25, -0.2) is 10.8 Å². The van der Waals surface area contributed by atoms with E-state index in [2.05, 4.69) is 15.4 Å². The SMILES string of the molecule is NNc1cn2ccnc2c(Oc2ccccc2Cl)n1. The molecule has 0 saturated carbocycles. The van der Waals surface area contributed by atoms with Crippen LogP contribution in [0, 0.1) is 0 Å². The molecule has 0 saturated heterocycles. The van der Waals surface area contributed by atoms with Gasteiger partial charge in [-0.3, -0.25) is 4.40 Å². The zero-order valence-electron chi connectivity index (χ0n) is 9.75. The molecular weight excluding hydrogens is 266 g/mol. The topological polar surface area (TPSA) is 77.5 Å². The summed E-state index contributed by atoms with van der Waals surface area (Å²) in [5.41, 5.74) is 3.06. The molecule has 1 aromatic carbocycles. The number of imidazole rings is 1. The van der Waals surface area contributed by atoms with Crippen LogP contribution in [-0.2, 0) is 0 Å². The summed E-state index contributed by atoms with van der Waals surface area (Å²) in [5.74, 6) is 6.68. The lowest BCUT2D eigenvalue weighted by atomic mass is 10.3. The number of halogens is 1. The predicted octanol–water partition coefficient (Wildman–Crippen LogP) is 2.46. The second-order valence-electron chi connectivity index (χ2n) is 3.77. The number of hydrogen-bond acceptors (Lipinski definition) is 5. The van der Waals surface area contributed by atoms with E-state index in [4.69, 9.17) is 22.2 Å². The Kier molecular flexibility index (Phi) is 2.94. The van der Waals surface area contributed by atoms with Crippen LogP contribution in [0.4, 0.5) is 5.82 Å². The summed E-state index contributed by atoms with van der Waals surface area (Å²) in [6.07, 6.45) is 5.13. The van der Waals surface area contributed by atoms with Gasteiger partial charge in [0.2, 0.25) is 5.65 Å². The van der Waals surface area contributed by atoms with E-state index in [1.165, 1.54) is 0 Å². The number of nitrogens with zero attached hydrogens (tertiary/aromatic N) is 3. The highest BCUT2D eigenvalue weighted by atomic mass is 35.5. The molecule has 0 unspecified atom stereocenters. The number of fused-ring (bicyclic) bond motifs is 1. The molecule has 0 amide bonds. The maximum Gasteiger partial charge on any atom is 0.265 e. The molecule has 96 valence electrons. The van der Waals surface area contributed by atoms with E-state index < -0.39 is 0 Å². The summed E-state index contributed by atoms with van der Waals surface area (Å²) < 4.78 is 7.46. The summed E-state index contributed by atoms with van der Waals surface area (Å²) in [7, 11) is 0. The van der Waals surface area contributed by atoms with Crippen molar-refractivity contribution < 1.29 is 4.74 Å². The third-order valence-corrected chi connectivity index (χ3v) is 2.85. The minimum absolute atomic E-state index is 0.327. The highest BCUT2D eigenvalue weighted by Gasteiger charge is 2.11. The molecule has 0 radical (unpaired) electrons. The Morgan fingerprint density at radius 1 is 1.32 bits per heavy atom. The van der Waals surface area contributed by atoms with E-state index in [9.17, 15) is 0 Å². The number of anilines is 1. The van der Waals surface area contributed by atoms with Gasteiger partial charge in [0, 0.05) is 12.4 Å². The molecule has 19 heavy (non-hydrogen) atoms. The fourth-order valence-corrected chi connectivity index (χ4v) is 1.85. The van der Waals surface area contributed by atoms with Gasteiger partial charge in [-0.15, -0.1) is 0 Å².